The molecule has 7 heteroatoms. The maximum atomic E-state index is 10.8. The van der Waals surface area contributed by atoms with Crippen LogP contribution in [0, 0.1) is 0 Å². The van der Waals surface area contributed by atoms with Crippen molar-refractivity contribution in [1.29, 1.82) is 0 Å². The minimum Gasteiger partial charge on any atom is -0.367 e. The number of urea groups is 1. The van der Waals surface area contributed by atoms with Gasteiger partial charge in [0.15, 0.2) is 12.1 Å². The number of carbonyl (C=O) groups excluding carboxylic acids is 1. The van der Waals surface area contributed by atoms with Gasteiger partial charge < -0.3 is 16.1 Å². The molecule has 7 nitrogen and oxygen atoms in total. The molecule has 0 aliphatic carbocycles. The molecule has 0 atom stereocenters. The molecule has 0 saturated heterocycles. The minimum absolute atomic E-state index is 0.119. The number of nitrogens with zero attached hydrogens (tertiary/aromatic N) is 3. The summed E-state index contributed by atoms with van der Waals surface area (Å²) in [7, 11) is 0. The van der Waals surface area contributed by atoms with Gasteiger partial charge in [-0.25, -0.2) is 4.79 Å². The predicted octanol–water partition coefficient (Wildman–Crippen LogP) is -1.92. The van der Waals surface area contributed by atoms with Crippen molar-refractivity contribution < 1.29 is 15.0 Å². The van der Waals surface area contributed by atoms with E-state index in [2.05, 4.69) is 10.1 Å². The smallest absolute Gasteiger partial charge is 0.349 e. The zero-order chi connectivity index (χ0) is 9.14. The van der Waals surface area contributed by atoms with E-state index in [-0.39, 0.29) is 12.4 Å². The fourth-order valence-corrected chi connectivity index (χ4v) is 0.788. The molecule has 0 fully saturated rings. The molecule has 1 rings (SSSR count). The first-order valence-electron chi connectivity index (χ1n) is 3.14. The number of aliphatic imine (C=N–C) groups is 1. The zero-order valence-corrected chi connectivity index (χ0v) is 6.08. The number of amidine groups is 1. The molecule has 66 valence electrons. The molecule has 0 spiro atoms. The third kappa shape index (κ3) is 1.57. The highest BCUT2D eigenvalue weighted by molar-refractivity contribution is 6.38. The maximum Gasteiger partial charge on any atom is 0.349 e. The second-order valence-corrected chi connectivity index (χ2v) is 2.12. The topological polar surface area (TPSA) is 112 Å². The van der Waals surface area contributed by atoms with Crippen molar-refractivity contribution in [2.24, 2.45) is 15.9 Å². The van der Waals surface area contributed by atoms with Gasteiger partial charge in [0.2, 0.25) is 0 Å². The Hall–Kier alpha value is -1.47. The number of hydrogen-bond donors (Lipinski definition) is 3. The summed E-state index contributed by atoms with van der Waals surface area (Å²) in [5.74, 6) is 5.02. The van der Waals surface area contributed by atoms with Gasteiger partial charge in [-0.1, -0.05) is 0 Å². The molecular formula is C5H8N4O3. The average molecular weight is 172 g/mol. The van der Waals surface area contributed by atoms with E-state index in [1.54, 1.807) is 0 Å². The Morgan fingerprint density at radius 1 is 1.75 bits per heavy atom. The van der Waals surface area contributed by atoms with Gasteiger partial charge in [0, 0.05) is 0 Å². The van der Waals surface area contributed by atoms with Crippen molar-refractivity contribution in [3.63, 3.8) is 0 Å². The van der Waals surface area contributed by atoms with Gasteiger partial charge >= 0.3 is 6.03 Å². The summed E-state index contributed by atoms with van der Waals surface area (Å²) in [6.45, 7) is -0.283. The van der Waals surface area contributed by atoms with Crippen LogP contribution in [0.25, 0.3) is 0 Å². The number of hydrazone groups is 1. The van der Waals surface area contributed by atoms with Crippen LogP contribution in [0.4, 0.5) is 4.79 Å². The Balaban J connectivity index is 2.69. The van der Waals surface area contributed by atoms with Crippen LogP contribution in [-0.2, 0) is 0 Å². The number of carbonyl (C=O) groups is 1. The molecule has 0 aromatic carbocycles. The molecular weight excluding hydrogens is 164 g/mol. The van der Waals surface area contributed by atoms with Crippen LogP contribution >= 0.6 is 0 Å². The quantitative estimate of drug-likeness (QED) is 0.256. The second-order valence-electron chi connectivity index (χ2n) is 2.12. The van der Waals surface area contributed by atoms with Crippen molar-refractivity contribution in [1.82, 2.24) is 4.90 Å². The van der Waals surface area contributed by atoms with Crippen molar-refractivity contribution in [3.8, 4) is 0 Å². The average Bonchev–Trinajstić information content (AvgIpc) is 2.32. The van der Waals surface area contributed by atoms with Crippen molar-refractivity contribution in [2.75, 3.05) is 6.54 Å². The van der Waals surface area contributed by atoms with Crippen LogP contribution in [-0.4, -0.2) is 46.0 Å². The first kappa shape index (κ1) is 8.62. The molecule has 0 radical (unpaired) electrons. The molecule has 0 aromatic rings. The highest BCUT2D eigenvalue weighted by Gasteiger charge is 2.24. The van der Waals surface area contributed by atoms with E-state index in [1.807, 2.05) is 0 Å². The maximum absolute atomic E-state index is 10.8. The summed E-state index contributed by atoms with van der Waals surface area (Å²) in [5.41, 5.74) is 0. The third-order valence-electron chi connectivity index (χ3n) is 1.28. The molecule has 0 saturated carbocycles. The Kier molecular flexibility index (Phi) is 2.36. The Morgan fingerprint density at radius 2 is 2.42 bits per heavy atom. The van der Waals surface area contributed by atoms with E-state index in [0.29, 0.717) is 0 Å². The number of amides is 2. The summed E-state index contributed by atoms with van der Waals surface area (Å²) in [4.78, 5) is 15.2. The lowest BCUT2D eigenvalue weighted by atomic mass is 10.5. The van der Waals surface area contributed by atoms with Crippen LogP contribution in [0.15, 0.2) is 10.1 Å². The Morgan fingerprint density at radius 3 is 2.92 bits per heavy atom. The van der Waals surface area contributed by atoms with Crippen LogP contribution in [0.2, 0.25) is 0 Å². The van der Waals surface area contributed by atoms with E-state index in [9.17, 15) is 4.79 Å². The monoisotopic (exact) mass is 172 g/mol. The molecule has 1 heterocycles. The molecule has 1 aliphatic rings. The molecule has 4 N–H and O–H groups in total. The van der Waals surface area contributed by atoms with Crippen LogP contribution in [0.5, 0.6) is 0 Å². The van der Waals surface area contributed by atoms with Gasteiger partial charge in [-0.15, -0.1) is 0 Å². The van der Waals surface area contributed by atoms with Gasteiger partial charge in [0.25, 0.3) is 0 Å². The summed E-state index contributed by atoms with van der Waals surface area (Å²) < 4.78 is 0. The standard InChI is InChI=1S/C5H8N4O3/c6-8-3-1-7-5(12)9(3)2-4(10)11/h1,4,10-11H,2,6H2. The normalized spacial score (nSPS) is 20.1. The predicted molar refractivity (Wildman–Crippen MR) is 40.4 cm³/mol. The first-order chi connectivity index (χ1) is 5.65. The minimum atomic E-state index is -1.62. The number of aliphatic hydroxyl groups is 2. The van der Waals surface area contributed by atoms with Gasteiger partial charge in [-0.05, 0) is 0 Å². The third-order valence-corrected chi connectivity index (χ3v) is 1.28. The lowest BCUT2D eigenvalue weighted by Gasteiger charge is -2.14. The molecule has 0 unspecified atom stereocenters. The van der Waals surface area contributed by atoms with Gasteiger partial charge in [0.1, 0.15) is 0 Å². The van der Waals surface area contributed by atoms with E-state index >= 15 is 0 Å². The van der Waals surface area contributed by atoms with Crippen molar-refractivity contribution >= 4 is 18.1 Å². The van der Waals surface area contributed by atoms with E-state index in [0.717, 1.165) is 11.1 Å². The Labute approximate surface area is 67.8 Å². The van der Waals surface area contributed by atoms with Gasteiger partial charge in [-0.2, -0.15) is 10.1 Å². The summed E-state index contributed by atoms with van der Waals surface area (Å²) in [6, 6.07) is -0.604. The van der Waals surface area contributed by atoms with Crippen LogP contribution in [0.1, 0.15) is 0 Å². The fraction of sp³-hybridized carbons (Fsp3) is 0.400. The highest BCUT2D eigenvalue weighted by atomic mass is 16.5. The number of hydrogen-bond acceptors (Lipinski definition) is 5. The van der Waals surface area contributed by atoms with Crippen LogP contribution in [0.3, 0.4) is 0 Å². The zero-order valence-electron chi connectivity index (χ0n) is 6.08. The number of aliphatic hydroxyl groups excluding tert-OH is 1. The fourth-order valence-electron chi connectivity index (χ4n) is 0.788. The van der Waals surface area contributed by atoms with E-state index < -0.39 is 12.3 Å². The summed E-state index contributed by atoms with van der Waals surface area (Å²) >= 11 is 0. The molecule has 2 amide bonds. The summed E-state index contributed by atoms with van der Waals surface area (Å²) in [6.07, 6.45) is -0.461. The lowest BCUT2D eigenvalue weighted by Crippen LogP contribution is -2.37. The lowest BCUT2D eigenvalue weighted by molar-refractivity contribution is -0.0459. The van der Waals surface area contributed by atoms with Gasteiger partial charge in [0.05, 0.1) is 12.8 Å². The van der Waals surface area contributed by atoms with Crippen LogP contribution < -0.4 is 5.84 Å². The van der Waals surface area contributed by atoms with Crippen molar-refractivity contribution in [3.05, 3.63) is 0 Å². The largest absolute Gasteiger partial charge is 0.367 e. The van der Waals surface area contributed by atoms with Crippen molar-refractivity contribution in [2.45, 2.75) is 6.29 Å². The highest BCUT2D eigenvalue weighted by Crippen LogP contribution is 2.02. The molecule has 12 heavy (non-hydrogen) atoms. The second kappa shape index (κ2) is 3.28. The van der Waals surface area contributed by atoms with Gasteiger partial charge in [-0.3, -0.25) is 4.90 Å². The summed E-state index contributed by atoms with van der Waals surface area (Å²) in [5, 5.41) is 20.3. The van der Waals surface area contributed by atoms with E-state index in [4.69, 9.17) is 16.1 Å². The first-order valence-corrected chi connectivity index (χ1v) is 3.14. The Bertz CT molecular complexity index is 247. The number of β-amino-alcohol motifs (C(OH)–C–C–N with tert-alkyl or cyclic N) is 2. The molecule has 0 bridgehead atoms. The number of nitrogens with two attached hydrogens (primary N) is 1. The SMILES string of the molecule is NN=C1C=NC(=O)N1CC(O)O. The van der Waals surface area contributed by atoms with E-state index in [1.165, 1.54) is 0 Å². The molecule has 1 aliphatic heterocycles. The number of rotatable bonds is 2. The molecule has 0 aromatic heterocycles.